The maximum Gasteiger partial charge on any atom is 0.303 e. The minimum Gasteiger partial charge on any atom is -0.456 e. The molecule has 0 aliphatic carbocycles. The Hall–Kier alpha value is -1.18. The second kappa shape index (κ2) is 5.95. The van der Waals surface area contributed by atoms with Gasteiger partial charge < -0.3 is 24.1 Å². The number of esters is 2. The van der Waals surface area contributed by atoms with Gasteiger partial charge in [-0.3, -0.25) is 9.59 Å². The highest BCUT2D eigenvalue weighted by Crippen LogP contribution is 2.22. The fourth-order valence-electron chi connectivity index (χ4n) is 1.66. The van der Waals surface area contributed by atoms with Gasteiger partial charge in [-0.25, -0.2) is 0 Å². The van der Waals surface area contributed by atoms with Gasteiger partial charge in [-0.2, -0.15) is 0 Å². The SMILES string of the molecule is CO[C@@H]1[C@@H](OC(C)=O)[C@H](OC(C)=O)CO[C@@H]1O. The van der Waals surface area contributed by atoms with Gasteiger partial charge in [0.2, 0.25) is 0 Å². The third-order valence-corrected chi connectivity index (χ3v) is 2.29. The van der Waals surface area contributed by atoms with Gasteiger partial charge in [0, 0.05) is 21.0 Å². The maximum absolute atomic E-state index is 11.0. The lowest BCUT2D eigenvalue weighted by molar-refractivity contribution is -0.267. The van der Waals surface area contributed by atoms with Crippen LogP contribution in [0, 0.1) is 0 Å². The highest BCUT2D eigenvalue weighted by Gasteiger charge is 2.44. The molecule has 0 unspecified atom stereocenters. The van der Waals surface area contributed by atoms with Crippen LogP contribution in [-0.4, -0.2) is 55.4 Å². The number of aliphatic hydroxyl groups is 1. The number of ether oxygens (including phenoxy) is 4. The first-order chi connectivity index (χ1) is 7.95. The van der Waals surface area contributed by atoms with Crippen LogP contribution < -0.4 is 0 Å². The highest BCUT2D eigenvalue weighted by atomic mass is 16.7. The Labute approximate surface area is 98.6 Å². The van der Waals surface area contributed by atoms with Crippen molar-refractivity contribution < 1.29 is 33.6 Å². The van der Waals surface area contributed by atoms with Crippen LogP contribution in [0.25, 0.3) is 0 Å². The van der Waals surface area contributed by atoms with Crippen LogP contribution in [-0.2, 0) is 28.5 Å². The van der Waals surface area contributed by atoms with Crippen molar-refractivity contribution >= 4 is 11.9 Å². The van der Waals surface area contributed by atoms with Crippen molar-refractivity contribution in [1.82, 2.24) is 0 Å². The van der Waals surface area contributed by atoms with E-state index in [0.29, 0.717) is 0 Å². The van der Waals surface area contributed by atoms with Crippen LogP contribution in [0.5, 0.6) is 0 Å². The summed E-state index contributed by atoms with van der Waals surface area (Å²) in [5.41, 5.74) is 0. The molecule has 1 heterocycles. The van der Waals surface area contributed by atoms with Gasteiger partial charge >= 0.3 is 11.9 Å². The summed E-state index contributed by atoms with van der Waals surface area (Å²) in [6, 6.07) is 0. The van der Waals surface area contributed by atoms with Crippen molar-refractivity contribution in [3.8, 4) is 0 Å². The Morgan fingerprint density at radius 3 is 2.24 bits per heavy atom. The maximum atomic E-state index is 11.0. The molecular formula is C10H16O7. The predicted molar refractivity (Wildman–Crippen MR) is 53.9 cm³/mol. The Morgan fingerprint density at radius 1 is 1.18 bits per heavy atom. The summed E-state index contributed by atoms with van der Waals surface area (Å²) in [4.78, 5) is 21.9. The molecule has 0 spiro atoms. The molecule has 1 saturated heterocycles. The molecule has 4 atom stereocenters. The van der Waals surface area contributed by atoms with E-state index < -0.39 is 36.5 Å². The first-order valence-corrected chi connectivity index (χ1v) is 5.12. The van der Waals surface area contributed by atoms with E-state index in [1.807, 2.05) is 0 Å². The normalized spacial score (nSPS) is 32.9. The van der Waals surface area contributed by atoms with Crippen molar-refractivity contribution in [2.45, 2.75) is 38.4 Å². The van der Waals surface area contributed by atoms with Gasteiger partial charge in [0.25, 0.3) is 0 Å². The van der Waals surface area contributed by atoms with Crippen LogP contribution in [0.3, 0.4) is 0 Å². The molecule has 98 valence electrons. The zero-order valence-electron chi connectivity index (χ0n) is 9.91. The van der Waals surface area contributed by atoms with Crippen molar-refractivity contribution in [3.05, 3.63) is 0 Å². The van der Waals surface area contributed by atoms with Gasteiger partial charge in [-0.1, -0.05) is 0 Å². The summed E-state index contributed by atoms with van der Waals surface area (Å²) in [6.45, 7) is 2.40. The van der Waals surface area contributed by atoms with Gasteiger partial charge in [0.1, 0.15) is 6.10 Å². The third kappa shape index (κ3) is 3.65. The molecule has 0 amide bonds. The Kier molecular flexibility index (Phi) is 4.86. The molecule has 0 bridgehead atoms. The Morgan fingerprint density at radius 2 is 1.76 bits per heavy atom. The number of hydrogen-bond donors (Lipinski definition) is 1. The van der Waals surface area contributed by atoms with Gasteiger partial charge in [0.05, 0.1) is 6.61 Å². The van der Waals surface area contributed by atoms with E-state index in [-0.39, 0.29) is 6.61 Å². The molecule has 0 aromatic rings. The molecule has 7 heteroatoms. The molecule has 1 aliphatic rings. The molecule has 0 aromatic carbocycles. The second-order valence-corrected chi connectivity index (χ2v) is 3.65. The zero-order chi connectivity index (χ0) is 13.0. The lowest BCUT2D eigenvalue weighted by atomic mass is 10.0. The largest absolute Gasteiger partial charge is 0.456 e. The minimum absolute atomic E-state index is 0.0570. The monoisotopic (exact) mass is 248 g/mol. The first-order valence-electron chi connectivity index (χ1n) is 5.12. The number of hydrogen-bond acceptors (Lipinski definition) is 7. The standard InChI is InChI=1S/C10H16O7/c1-5(11)16-7-4-15-10(13)9(14-3)8(7)17-6(2)12/h7-10,13H,4H2,1-3H3/t7-,8+,9-,10+/m1/s1. The highest BCUT2D eigenvalue weighted by molar-refractivity contribution is 5.67. The van der Waals surface area contributed by atoms with Crippen molar-refractivity contribution in [1.29, 1.82) is 0 Å². The topological polar surface area (TPSA) is 91.3 Å². The molecule has 1 N–H and O–H groups in total. The first kappa shape index (κ1) is 13.9. The fourth-order valence-corrected chi connectivity index (χ4v) is 1.66. The fraction of sp³-hybridized carbons (Fsp3) is 0.800. The predicted octanol–water partition coefficient (Wildman–Crippen LogP) is -0.787. The average molecular weight is 248 g/mol. The summed E-state index contributed by atoms with van der Waals surface area (Å²) < 4.78 is 19.9. The van der Waals surface area contributed by atoms with Crippen LogP contribution in [0.1, 0.15) is 13.8 Å². The lowest BCUT2D eigenvalue weighted by Crippen LogP contribution is -2.56. The molecule has 0 saturated carbocycles. The number of carbonyl (C=O) groups excluding carboxylic acids is 2. The number of aliphatic hydroxyl groups excluding tert-OH is 1. The molecule has 1 fully saturated rings. The smallest absolute Gasteiger partial charge is 0.303 e. The van der Waals surface area contributed by atoms with Gasteiger partial charge in [-0.15, -0.1) is 0 Å². The molecular weight excluding hydrogens is 232 g/mol. The summed E-state index contributed by atoms with van der Waals surface area (Å²) in [5.74, 6) is -1.08. The van der Waals surface area contributed by atoms with Gasteiger partial charge in [-0.05, 0) is 0 Å². The number of methoxy groups -OCH3 is 1. The summed E-state index contributed by atoms with van der Waals surface area (Å²) >= 11 is 0. The van der Waals surface area contributed by atoms with E-state index in [2.05, 4.69) is 0 Å². The molecule has 0 radical (unpaired) electrons. The third-order valence-electron chi connectivity index (χ3n) is 2.29. The van der Waals surface area contributed by atoms with E-state index in [1.54, 1.807) is 0 Å². The summed E-state index contributed by atoms with van der Waals surface area (Å²) in [5, 5.41) is 9.53. The van der Waals surface area contributed by atoms with Crippen LogP contribution in [0.4, 0.5) is 0 Å². The Balaban J connectivity index is 2.80. The van der Waals surface area contributed by atoms with E-state index in [9.17, 15) is 14.7 Å². The summed E-state index contributed by atoms with van der Waals surface area (Å²) in [7, 11) is 1.34. The van der Waals surface area contributed by atoms with Crippen LogP contribution >= 0.6 is 0 Å². The molecule has 1 rings (SSSR count). The molecule has 0 aromatic heterocycles. The molecule has 1 aliphatic heterocycles. The van der Waals surface area contributed by atoms with E-state index >= 15 is 0 Å². The average Bonchev–Trinajstić information content (AvgIpc) is 2.21. The minimum atomic E-state index is -1.23. The zero-order valence-corrected chi connectivity index (χ0v) is 9.91. The van der Waals surface area contributed by atoms with Crippen molar-refractivity contribution in [2.24, 2.45) is 0 Å². The van der Waals surface area contributed by atoms with E-state index in [1.165, 1.54) is 21.0 Å². The molecule has 17 heavy (non-hydrogen) atoms. The lowest BCUT2D eigenvalue weighted by Gasteiger charge is -2.38. The van der Waals surface area contributed by atoms with E-state index in [4.69, 9.17) is 18.9 Å². The van der Waals surface area contributed by atoms with Crippen LogP contribution in [0.2, 0.25) is 0 Å². The summed E-state index contributed by atoms with van der Waals surface area (Å²) in [6.07, 6.45) is -3.79. The van der Waals surface area contributed by atoms with Crippen molar-refractivity contribution in [3.63, 3.8) is 0 Å². The second-order valence-electron chi connectivity index (χ2n) is 3.65. The van der Waals surface area contributed by atoms with Crippen molar-refractivity contribution in [2.75, 3.05) is 13.7 Å². The number of carbonyl (C=O) groups is 2. The quantitative estimate of drug-likeness (QED) is 0.654. The van der Waals surface area contributed by atoms with Gasteiger partial charge in [0.15, 0.2) is 18.5 Å². The van der Waals surface area contributed by atoms with E-state index in [0.717, 1.165) is 0 Å². The molecule has 7 nitrogen and oxygen atoms in total. The Bertz CT molecular complexity index is 290. The van der Waals surface area contributed by atoms with Crippen LogP contribution in [0.15, 0.2) is 0 Å². The number of rotatable bonds is 3.